The maximum Gasteiger partial charge on any atom is 0.337 e. The first-order valence-electron chi connectivity index (χ1n) is 6.30. The summed E-state index contributed by atoms with van der Waals surface area (Å²) < 4.78 is 5.17. The third-order valence-corrected chi connectivity index (χ3v) is 2.94. The summed E-state index contributed by atoms with van der Waals surface area (Å²) in [6, 6.07) is 5.08. The van der Waals surface area contributed by atoms with Crippen LogP contribution in [0.4, 0.5) is 5.69 Å². The first-order chi connectivity index (χ1) is 8.63. The number of nitrogens with zero attached hydrogens (tertiary/aromatic N) is 1. The lowest BCUT2D eigenvalue weighted by molar-refractivity contribution is 0.0697. The average Bonchev–Trinajstić information content (AvgIpc) is 2.39. The SMILES string of the molecule is CCCCN(CC)c1cc(OC)ccc1C(=O)O. The van der Waals surface area contributed by atoms with E-state index in [9.17, 15) is 9.90 Å². The van der Waals surface area contributed by atoms with Crippen molar-refractivity contribution in [2.24, 2.45) is 0 Å². The quantitative estimate of drug-likeness (QED) is 0.809. The molecule has 0 aliphatic heterocycles. The molecule has 1 rings (SSSR count). The Labute approximate surface area is 108 Å². The molecule has 100 valence electrons. The van der Waals surface area contributed by atoms with Gasteiger partial charge in [0, 0.05) is 19.2 Å². The Balaban J connectivity index is 3.11. The zero-order valence-electron chi connectivity index (χ0n) is 11.3. The number of hydrogen-bond acceptors (Lipinski definition) is 3. The van der Waals surface area contributed by atoms with E-state index in [1.807, 2.05) is 6.92 Å². The standard InChI is InChI=1S/C14H21NO3/c1-4-6-9-15(5-2)13-10-11(18-3)7-8-12(13)14(16)17/h7-8,10H,4-6,9H2,1-3H3,(H,16,17). The van der Waals surface area contributed by atoms with Gasteiger partial charge in [0.2, 0.25) is 0 Å². The van der Waals surface area contributed by atoms with Crippen LogP contribution in [0.15, 0.2) is 18.2 Å². The number of benzene rings is 1. The molecule has 0 bridgehead atoms. The summed E-state index contributed by atoms with van der Waals surface area (Å²) in [6.45, 7) is 5.80. The molecule has 0 saturated carbocycles. The molecule has 0 spiro atoms. The largest absolute Gasteiger partial charge is 0.497 e. The van der Waals surface area contributed by atoms with Crippen LogP contribution in [0.5, 0.6) is 5.75 Å². The van der Waals surface area contributed by atoms with E-state index in [1.54, 1.807) is 25.3 Å². The normalized spacial score (nSPS) is 10.2. The van der Waals surface area contributed by atoms with Gasteiger partial charge in [-0.1, -0.05) is 13.3 Å². The lowest BCUT2D eigenvalue weighted by Crippen LogP contribution is -2.25. The van der Waals surface area contributed by atoms with Gasteiger partial charge in [-0.3, -0.25) is 0 Å². The Morgan fingerprint density at radius 3 is 2.61 bits per heavy atom. The highest BCUT2D eigenvalue weighted by atomic mass is 16.5. The van der Waals surface area contributed by atoms with E-state index >= 15 is 0 Å². The van der Waals surface area contributed by atoms with Crippen LogP contribution in [0.2, 0.25) is 0 Å². The number of anilines is 1. The lowest BCUT2D eigenvalue weighted by Gasteiger charge is -2.25. The molecule has 0 heterocycles. The molecular formula is C14H21NO3. The number of rotatable bonds is 7. The molecule has 18 heavy (non-hydrogen) atoms. The second kappa shape index (κ2) is 6.89. The topological polar surface area (TPSA) is 49.8 Å². The molecule has 0 aliphatic carbocycles. The number of carbonyl (C=O) groups is 1. The van der Waals surface area contributed by atoms with Crippen molar-refractivity contribution in [2.75, 3.05) is 25.1 Å². The van der Waals surface area contributed by atoms with Crippen LogP contribution in [0, 0.1) is 0 Å². The summed E-state index contributed by atoms with van der Waals surface area (Å²) in [6.07, 6.45) is 2.13. The molecule has 4 nitrogen and oxygen atoms in total. The van der Waals surface area contributed by atoms with Crippen molar-refractivity contribution in [1.29, 1.82) is 0 Å². The number of hydrogen-bond donors (Lipinski definition) is 1. The van der Waals surface area contributed by atoms with Crippen molar-refractivity contribution in [3.8, 4) is 5.75 Å². The highest BCUT2D eigenvalue weighted by molar-refractivity contribution is 5.94. The van der Waals surface area contributed by atoms with E-state index in [0.717, 1.165) is 31.6 Å². The van der Waals surface area contributed by atoms with Gasteiger partial charge < -0.3 is 14.7 Å². The van der Waals surface area contributed by atoms with Crippen LogP contribution >= 0.6 is 0 Å². The van der Waals surface area contributed by atoms with Crippen LogP contribution < -0.4 is 9.64 Å². The van der Waals surface area contributed by atoms with Crippen LogP contribution in [0.25, 0.3) is 0 Å². The van der Waals surface area contributed by atoms with E-state index in [4.69, 9.17) is 4.74 Å². The first kappa shape index (κ1) is 14.4. The third-order valence-electron chi connectivity index (χ3n) is 2.94. The van der Waals surface area contributed by atoms with E-state index in [2.05, 4.69) is 11.8 Å². The summed E-state index contributed by atoms with van der Waals surface area (Å²) >= 11 is 0. The number of methoxy groups -OCH3 is 1. The summed E-state index contributed by atoms with van der Waals surface area (Å²) in [7, 11) is 1.59. The molecule has 4 heteroatoms. The fourth-order valence-corrected chi connectivity index (χ4v) is 1.88. The minimum absolute atomic E-state index is 0.328. The van der Waals surface area contributed by atoms with E-state index in [1.165, 1.54) is 0 Å². The van der Waals surface area contributed by atoms with Crippen molar-refractivity contribution in [1.82, 2.24) is 0 Å². The highest BCUT2D eigenvalue weighted by Crippen LogP contribution is 2.26. The Bertz CT molecular complexity index is 404. The van der Waals surface area contributed by atoms with Crippen molar-refractivity contribution in [3.63, 3.8) is 0 Å². The first-order valence-corrected chi connectivity index (χ1v) is 6.30. The van der Waals surface area contributed by atoms with Crippen LogP contribution in [-0.2, 0) is 0 Å². The van der Waals surface area contributed by atoms with E-state index < -0.39 is 5.97 Å². The Morgan fingerprint density at radius 2 is 2.11 bits per heavy atom. The minimum atomic E-state index is -0.900. The van der Waals surface area contributed by atoms with Crippen LogP contribution in [0.3, 0.4) is 0 Å². The van der Waals surface area contributed by atoms with Gasteiger partial charge in [-0.2, -0.15) is 0 Å². The van der Waals surface area contributed by atoms with Crippen LogP contribution in [0.1, 0.15) is 37.0 Å². The Kier molecular flexibility index (Phi) is 5.49. The predicted octanol–water partition coefficient (Wildman–Crippen LogP) is 3.02. The number of aromatic carboxylic acids is 1. The molecule has 0 amide bonds. The molecule has 0 fully saturated rings. The van der Waals surface area contributed by atoms with Crippen molar-refractivity contribution >= 4 is 11.7 Å². The number of unbranched alkanes of at least 4 members (excludes halogenated alkanes) is 1. The monoisotopic (exact) mass is 251 g/mol. The molecule has 0 radical (unpaired) electrons. The Morgan fingerprint density at radius 1 is 1.39 bits per heavy atom. The highest BCUT2D eigenvalue weighted by Gasteiger charge is 2.15. The molecule has 0 atom stereocenters. The van der Waals surface area contributed by atoms with E-state index in [-0.39, 0.29) is 0 Å². The summed E-state index contributed by atoms with van der Waals surface area (Å²) in [5, 5.41) is 9.23. The van der Waals surface area contributed by atoms with Gasteiger partial charge in [0.15, 0.2) is 0 Å². The van der Waals surface area contributed by atoms with Gasteiger partial charge in [-0.25, -0.2) is 4.79 Å². The molecule has 0 unspecified atom stereocenters. The predicted molar refractivity (Wildman–Crippen MR) is 72.7 cm³/mol. The maximum absolute atomic E-state index is 11.2. The second-order valence-electron chi connectivity index (χ2n) is 4.12. The number of ether oxygens (including phenoxy) is 1. The minimum Gasteiger partial charge on any atom is -0.497 e. The molecule has 0 aliphatic rings. The fourth-order valence-electron chi connectivity index (χ4n) is 1.88. The van der Waals surface area contributed by atoms with Crippen LogP contribution in [-0.4, -0.2) is 31.3 Å². The van der Waals surface area contributed by atoms with Crippen molar-refractivity contribution < 1.29 is 14.6 Å². The molecule has 1 N–H and O–H groups in total. The van der Waals surface area contributed by atoms with Crippen molar-refractivity contribution in [2.45, 2.75) is 26.7 Å². The zero-order valence-corrected chi connectivity index (χ0v) is 11.3. The second-order valence-corrected chi connectivity index (χ2v) is 4.12. The summed E-state index contributed by atoms with van der Waals surface area (Å²) in [4.78, 5) is 13.3. The zero-order chi connectivity index (χ0) is 13.5. The fraction of sp³-hybridized carbons (Fsp3) is 0.500. The molecule has 0 saturated heterocycles. The van der Waals surface area contributed by atoms with Gasteiger partial charge in [0.25, 0.3) is 0 Å². The van der Waals surface area contributed by atoms with E-state index in [0.29, 0.717) is 11.3 Å². The summed E-state index contributed by atoms with van der Waals surface area (Å²) in [5.74, 6) is -0.215. The van der Waals surface area contributed by atoms with Gasteiger partial charge in [-0.15, -0.1) is 0 Å². The molecule has 0 aromatic heterocycles. The average molecular weight is 251 g/mol. The van der Waals surface area contributed by atoms with Gasteiger partial charge in [-0.05, 0) is 25.5 Å². The summed E-state index contributed by atoms with van der Waals surface area (Å²) in [5.41, 5.74) is 1.06. The maximum atomic E-state index is 11.2. The van der Waals surface area contributed by atoms with Crippen molar-refractivity contribution in [3.05, 3.63) is 23.8 Å². The van der Waals surface area contributed by atoms with Gasteiger partial charge in [0.05, 0.1) is 18.4 Å². The van der Waals surface area contributed by atoms with Gasteiger partial charge >= 0.3 is 5.97 Å². The smallest absolute Gasteiger partial charge is 0.337 e. The number of carboxylic acids is 1. The molecular weight excluding hydrogens is 230 g/mol. The molecule has 1 aromatic rings. The number of carboxylic acid groups (broad SMARTS) is 1. The Hall–Kier alpha value is -1.71. The molecule has 1 aromatic carbocycles. The third kappa shape index (κ3) is 3.39. The lowest BCUT2D eigenvalue weighted by atomic mass is 10.1. The van der Waals surface area contributed by atoms with Gasteiger partial charge in [0.1, 0.15) is 5.75 Å².